The van der Waals surface area contributed by atoms with Gasteiger partial charge in [0.25, 0.3) is 0 Å². The Morgan fingerprint density at radius 1 is 1.18 bits per heavy atom. The number of nitrogen functional groups attached to an aromatic ring is 1. The molecule has 1 aromatic rings. The van der Waals surface area contributed by atoms with Gasteiger partial charge in [0, 0.05) is 17.8 Å². The number of unbranched alkanes of at least 4 members (excludes halogenated alkanes) is 3. The quantitative estimate of drug-likeness (QED) is 0.599. The van der Waals surface area contributed by atoms with Gasteiger partial charge in [-0.05, 0) is 24.6 Å². The van der Waals surface area contributed by atoms with E-state index >= 15 is 0 Å². The maximum Gasteiger partial charge on any atom is 0.189 e. The van der Waals surface area contributed by atoms with Gasteiger partial charge in [-0.25, -0.2) is 0 Å². The summed E-state index contributed by atoms with van der Waals surface area (Å²) in [4.78, 5) is 1.93. The summed E-state index contributed by atoms with van der Waals surface area (Å²) < 4.78 is 10.8. The van der Waals surface area contributed by atoms with E-state index in [2.05, 4.69) is 6.92 Å². The van der Waals surface area contributed by atoms with Crippen molar-refractivity contribution >= 4 is 17.1 Å². The van der Waals surface area contributed by atoms with Crippen LogP contribution in [0.25, 0.3) is 5.76 Å². The van der Waals surface area contributed by atoms with E-state index in [4.69, 9.17) is 15.2 Å². The first-order chi connectivity index (χ1) is 10.6. The summed E-state index contributed by atoms with van der Waals surface area (Å²) in [5, 5.41) is 10.6. The topological polar surface area (TPSA) is 68.0 Å². The molecule has 1 aliphatic heterocycles. The van der Waals surface area contributed by atoms with Crippen LogP contribution in [0.2, 0.25) is 0 Å². The van der Waals surface area contributed by atoms with Crippen molar-refractivity contribution in [1.29, 1.82) is 0 Å². The first-order valence-electron chi connectivity index (χ1n) is 7.80. The van der Waals surface area contributed by atoms with E-state index in [-0.39, 0.29) is 0 Å². The van der Waals surface area contributed by atoms with Crippen molar-refractivity contribution in [2.45, 2.75) is 38.8 Å². The van der Waals surface area contributed by atoms with Crippen molar-refractivity contribution in [1.82, 2.24) is 0 Å². The zero-order valence-corrected chi connectivity index (χ0v) is 13.6. The summed E-state index contributed by atoms with van der Waals surface area (Å²) in [6.07, 6.45) is 3.68. The number of aliphatic hydroxyl groups is 1. The predicted octanol–water partition coefficient (Wildman–Crippen LogP) is 2.95. The van der Waals surface area contributed by atoms with E-state index in [1.54, 1.807) is 14.2 Å². The monoisotopic (exact) mass is 306 g/mol. The fourth-order valence-electron chi connectivity index (χ4n) is 2.86. The normalized spacial score (nSPS) is 17.5. The zero-order chi connectivity index (χ0) is 16.1. The molecule has 2 rings (SSSR count). The van der Waals surface area contributed by atoms with E-state index in [9.17, 15) is 5.11 Å². The third-order valence-corrected chi connectivity index (χ3v) is 4.01. The van der Waals surface area contributed by atoms with E-state index in [0.29, 0.717) is 17.2 Å². The van der Waals surface area contributed by atoms with Gasteiger partial charge < -0.3 is 25.2 Å². The number of benzene rings is 1. The molecule has 0 amide bonds. The Kier molecular flexibility index (Phi) is 5.55. The average Bonchev–Trinajstić information content (AvgIpc) is 2.52. The van der Waals surface area contributed by atoms with Crippen molar-refractivity contribution in [3.05, 3.63) is 29.5 Å². The molecular formula is C17H26N2O3. The maximum absolute atomic E-state index is 10.6. The van der Waals surface area contributed by atoms with Crippen molar-refractivity contribution in [2.75, 3.05) is 31.4 Å². The Hall–Kier alpha value is -1.88. The Labute approximate surface area is 132 Å². The number of hydrogen-bond acceptors (Lipinski definition) is 5. The molecule has 1 atom stereocenters. The third kappa shape index (κ3) is 3.14. The molecule has 5 heteroatoms. The number of fused-ring (bicyclic) bond motifs is 1. The molecule has 1 aliphatic rings. The predicted molar refractivity (Wildman–Crippen MR) is 89.3 cm³/mol. The third-order valence-electron chi connectivity index (χ3n) is 4.01. The smallest absolute Gasteiger partial charge is 0.189 e. The summed E-state index contributed by atoms with van der Waals surface area (Å²) in [6.45, 7) is 2.93. The van der Waals surface area contributed by atoms with Crippen molar-refractivity contribution in [2.24, 2.45) is 0 Å². The molecule has 0 aromatic heterocycles. The van der Waals surface area contributed by atoms with Gasteiger partial charge in [0.05, 0.1) is 19.9 Å². The van der Waals surface area contributed by atoms with Crippen LogP contribution in [0.15, 0.2) is 24.0 Å². The molecule has 0 spiro atoms. The molecule has 1 heterocycles. The summed E-state index contributed by atoms with van der Waals surface area (Å²) in [6, 6.07) is 5.62. The molecule has 0 bridgehead atoms. The number of hydrogen-bond donors (Lipinski definition) is 2. The van der Waals surface area contributed by atoms with Crippen LogP contribution in [0.3, 0.4) is 0 Å². The molecule has 0 saturated heterocycles. The number of rotatable bonds is 7. The molecule has 122 valence electrons. The molecule has 5 nitrogen and oxygen atoms in total. The van der Waals surface area contributed by atoms with Gasteiger partial charge in [-0.2, -0.15) is 0 Å². The molecule has 0 fully saturated rings. The van der Waals surface area contributed by atoms with Crippen LogP contribution in [0, 0.1) is 0 Å². The molecule has 1 aromatic carbocycles. The van der Waals surface area contributed by atoms with Gasteiger partial charge in [-0.1, -0.05) is 26.2 Å². The molecule has 0 radical (unpaired) electrons. The fourth-order valence-corrected chi connectivity index (χ4v) is 2.86. The van der Waals surface area contributed by atoms with Gasteiger partial charge in [0.2, 0.25) is 0 Å². The van der Waals surface area contributed by atoms with Crippen LogP contribution in [0.5, 0.6) is 0 Å². The van der Waals surface area contributed by atoms with E-state index in [0.717, 1.165) is 30.6 Å². The second-order valence-corrected chi connectivity index (χ2v) is 5.51. The van der Waals surface area contributed by atoms with Crippen molar-refractivity contribution in [3.63, 3.8) is 0 Å². The van der Waals surface area contributed by atoms with E-state index in [1.165, 1.54) is 12.8 Å². The zero-order valence-electron chi connectivity index (χ0n) is 13.6. The van der Waals surface area contributed by atoms with Crippen LogP contribution in [-0.4, -0.2) is 32.1 Å². The first-order valence-corrected chi connectivity index (χ1v) is 7.80. The van der Waals surface area contributed by atoms with Crippen LogP contribution in [0.1, 0.15) is 38.2 Å². The first kappa shape index (κ1) is 16.5. The molecular weight excluding hydrogens is 280 g/mol. The Morgan fingerprint density at radius 2 is 1.95 bits per heavy atom. The van der Waals surface area contributed by atoms with Crippen LogP contribution in [-0.2, 0) is 9.47 Å². The number of aliphatic hydroxyl groups excluding tert-OH is 1. The number of methoxy groups -OCH3 is 2. The highest BCUT2D eigenvalue weighted by Gasteiger charge is 2.33. The summed E-state index contributed by atoms with van der Waals surface area (Å²) >= 11 is 0. The second-order valence-electron chi connectivity index (χ2n) is 5.51. The van der Waals surface area contributed by atoms with Gasteiger partial charge in [0.15, 0.2) is 17.7 Å². The number of nitrogens with zero attached hydrogens (tertiary/aromatic N) is 1. The Balaban J connectivity index is 2.35. The molecule has 1 unspecified atom stereocenters. The Morgan fingerprint density at radius 3 is 2.59 bits per heavy atom. The average molecular weight is 306 g/mol. The summed E-state index contributed by atoms with van der Waals surface area (Å²) in [5.41, 5.74) is 8.38. The van der Waals surface area contributed by atoms with Gasteiger partial charge in [-0.15, -0.1) is 0 Å². The highest BCUT2D eigenvalue weighted by Crippen LogP contribution is 2.39. The summed E-state index contributed by atoms with van der Waals surface area (Å²) in [5.74, 6) is 1.00. The second kappa shape index (κ2) is 7.40. The summed E-state index contributed by atoms with van der Waals surface area (Å²) in [7, 11) is 3.13. The fraction of sp³-hybridized carbons (Fsp3) is 0.529. The van der Waals surface area contributed by atoms with Gasteiger partial charge in [-0.3, -0.25) is 0 Å². The largest absolute Gasteiger partial charge is 0.493 e. The molecule has 0 saturated carbocycles. The lowest BCUT2D eigenvalue weighted by Gasteiger charge is -2.37. The highest BCUT2D eigenvalue weighted by molar-refractivity contribution is 5.81. The van der Waals surface area contributed by atoms with Crippen LogP contribution >= 0.6 is 0 Å². The molecule has 3 N–H and O–H groups in total. The van der Waals surface area contributed by atoms with Crippen molar-refractivity contribution in [3.8, 4) is 0 Å². The van der Waals surface area contributed by atoms with Crippen molar-refractivity contribution < 1.29 is 14.6 Å². The lowest BCUT2D eigenvalue weighted by Crippen LogP contribution is -2.41. The van der Waals surface area contributed by atoms with E-state index in [1.807, 2.05) is 23.1 Å². The van der Waals surface area contributed by atoms with E-state index < -0.39 is 6.23 Å². The van der Waals surface area contributed by atoms with Crippen LogP contribution in [0.4, 0.5) is 11.4 Å². The minimum atomic E-state index is -0.851. The minimum absolute atomic E-state index is 0.440. The molecule has 0 aliphatic carbocycles. The lowest BCUT2D eigenvalue weighted by atomic mass is 10.0. The SMILES string of the molecule is CCCCCCN1c2cc(N)ccc2C(OC)=C(OC)C1O. The lowest BCUT2D eigenvalue weighted by molar-refractivity contribution is 0.115. The van der Waals surface area contributed by atoms with Crippen LogP contribution < -0.4 is 10.6 Å². The van der Waals surface area contributed by atoms with Gasteiger partial charge >= 0.3 is 0 Å². The molecule has 22 heavy (non-hydrogen) atoms. The Bertz CT molecular complexity index is 543. The maximum atomic E-state index is 10.6. The minimum Gasteiger partial charge on any atom is -0.493 e. The standard InChI is InChI=1S/C17H26N2O3/c1-4-5-6-7-10-19-14-11-12(18)8-9-13(14)15(21-2)16(22-3)17(19)20/h8-9,11,17,20H,4-7,10,18H2,1-3H3. The highest BCUT2D eigenvalue weighted by atomic mass is 16.5. The number of ether oxygens (including phenoxy) is 2. The number of nitrogens with two attached hydrogens (primary N) is 1. The van der Waals surface area contributed by atoms with Gasteiger partial charge in [0.1, 0.15) is 0 Å². The number of anilines is 2.